The first-order valence-corrected chi connectivity index (χ1v) is 7.91. The van der Waals surface area contributed by atoms with Crippen molar-refractivity contribution in [3.8, 4) is 17.2 Å². The quantitative estimate of drug-likeness (QED) is 0.697. The van der Waals surface area contributed by atoms with Gasteiger partial charge in [-0.3, -0.25) is 4.79 Å². The molecule has 2 heterocycles. The van der Waals surface area contributed by atoms with Gasteiger partial charge < -0.3 is 30.0 Å². The van der Waals surface area contributed by atoms with Gasteiger partial charge in [-0.15, -0.1) is 0 Å². The number of aliphatic hydroxyl groups excluding tert-OH is 1. The van der Waals surface area contributed by atoms with Crippen LogP contribution < -0.4 is 24.8 Å². The number of fused-ring (bicyclic) bond motifs is 1. The van der Waals surface area contributed by atoms with E-state index >= 15 is 0 Å². The van der Waals surface area contributed by atoms with Gasteiger partial charge in [0.2, 0.25) is 12.7 Å². The zero-order chi connectivity index (χ0) is 16.1. The predicted molar refractivity (Wildman–Crippen MR) is 82.7 cm³/mol. The average Bonchev–Trinajstić information content (AvgIpc) is 3.06. The highest BCUT2D eigenvalue weighted by molar-refractivity contribution is 5.78. The number of nitrogens with one attached hydrogen (secondary N) is 2. The number of hydrogen-bond donors (Lipinski definition) is 3. The van der Waals surface area contributed by atoms with Crippen molar-refractivity contribution in [3.63, 3.8) is 0 Å². The van der Waals surface area contributed by atoms with E-state index in [0.717, 1.165) is 25.9 Å². The molecule has 126 valence electrons. The second-order valence-corrected chi connectivity index (χ2v) is 5.75. The van der Waals surface area contributed by atoms with Gasteiger partial charge >= 0.3 is 0 Å². The summed E-state index contributed by atoms with van der Waals surface area (Å²) in [6.45, 7) is 2.24. The molecule has 1 amide bonds. The van der Waals surface area contributed by atoms with E-state index in [2.05, 4.69) is 10.6 Å². The maximum Gasteiger partial charge on any atom is 0.231 e. The highest BCUT2D eigenvalue weighted by Gasteiger charge is 2.21. The van der Waals surface area contributed by atoms with E-state index in [0.29, 0.717) is 17.2 Å². The van der Waals surface area contributed by atoms with Gasteiger partial charge in [-0.25, -0.2) is 0 Å². The Morgan fingerprint density at radius 2 is 2.13 bits per heavy atom. The summed E-state index contributed by atoms with van der Waals surface area (Å²) in [5, 5.41) is 16.0. The molecular weight excluding hydrogens is 300 g/mol. The van der Waals surface area contributed by atoms with Crippen molar-refractivity contribution in [1.82, 2.24) is 10.6 Å². The molecule has 0 bridgehead atoms. The molecule has 1 saturated heterocycles. The normalized spacial score (nSPS) is 18.5. The van der Waals surface area contributed by atoms with Gasteiger partial charge in [-0.1, -0.05) is 0 Å². The van der Waals surface area contributed by atoms with Crippen molar-refractivity contribution in [2.45, 2.75) is 18.9 Å². The number of carbonyl (C=O) groups excluding carboxylic acids is 1. The van der Waals surface area contributed by atoms with E-state index in [9.17, 15) is 9.90 Å². The molecule has 3 N–H and O–H groups in total. The van der Waals surface area contributed by atoms with Crippen molar-refractivity contribution in [2.75, 3.05) is 33.0 Å². The van der Waals surface area contributed by atoms with E-state index in [-0.39, 0.29) is 31.8 Å². The highest BCUT2D eigenvalue weighted by Crippen LogP contribution is 2.35. The standard InChI is InChI=1S/C16H22N2O5/c19-12(8-18-16(20)11-3-5-17-6-4-11)9-21-13-1-2-14-15(7-13)23-10-22-14/h1-2,7,11-12,17,19H,3-6,8-10H2,(H,18,20). The monoisotopic (exact) mass is 322 g/mol. The minimum Gasteiger partial charge on any atom is -0.491 e. The molecule has 1 atom stereocenters. The highest BCUT2D eigenvalue weighted by atomic mass is 16.7. The number of benzene rings is 1. The first kappa shape index (κ1) is 15.9. The molecule has 1 unspecified atom stereocenters. The lowest BCUT2D eigenvalue weighted by Crippen LogP contribution is -2.42. The molecule has 1 aromatic rings. The number of hydrogen-bond acceptors (Lipinski definition) is 6. The Morgan fingerprint density at radius 1 is 1.35 bits per heavy atom. The fraction of sp³-hybridized carbons (Fsp3) is 0.562. The Hall–Kier alpha value is -1.99. The van der Waals surface area contributed by atoms with Gasteiger partial charge in [0.1, 0.15) is 18.5 Å². The van der Waals surface area contributed by atoms with Crippen LogP contribution in [0.5, 0.6) is 17.2 Å². The first-order chi connectivity index (χ1) is 11.2. The molecule has 7 heteroatoms. The van der Waals surface area contributed by atoms with E-state index in [1.54, 1.807) is 18.2 Å². The third kappa shape index (κ3) is 4.27. The zero-order valence-electron chi connectivity index (χ0n) is 12.9. The smallest absolute Gasteiger partial charge is 0.231 e. The summed E-state index contributed by atoms with van der Waals surface area (Å²) in [5.41, 5.74) is 0. The first-order valence-electron chi connectivity index (χ1n) is 7.91. The largest absolute Gasteiger partial charge is 0.491 e. The molecule has 1 fully saturated rings. The lowest BCUT2D eigenvalue weighted by atomic mass is 9.97. The second kappa shape index (κ2) is 7.52. The average molecular weight is 322 g/mol. The summed E-state index contributed by atoms with van der Waals surface area (Å²) in [7, 11) is 0. The number of ether oxygens (including phenoxy) is 3. The van der Waals surface area contributed by atoms with Gasteiger partial charge in [0, 0.05) is 18.5 Å². The van der Waals surface area contributed by atoms with Crippen LogP contribution in [0.25, 0.3) is 0 Å². The number of amides is 1. The van der Waals surface area contributed by atoms with Crippen LogP contribution in [0.3, 0.4) is 0 Å². The molecule has 0 aromatic heterocycles. The number of piperidine rings is 1. The lowest BCUT2D eigenvalue weighted by molar-refractivity contribution is -0.126. The summed E-state index contributed by atoms with van der Waals surface area (Å²) in [5.74, 6) is 1.97. The van der Waals surface area contributed by atoms with Crippen molar-refractivity contribution in [1.29, 1.82) is 0 Å². The van der Waals surface area contributed by atoms with Gasteiger partial charge in [0.15, 0.2) is 11.5 Å². The van der Waals surface area contributed by atoms with Gasteiger partial charge in [-0.2, -0.15) is 0 Å². The van der Waals surface area contributed by atoms with Crippen molar-refractivity contribution in [3.05, 3.63) is 18.2 Å². The number of carbonyl (C=O) groups is 1. The van der Waals surface area contributed by atoms with E-state index in [4.69, 9.17) is 14.2 Å². The Kier molecular flexibility index (Phi) is 5.19. The Morgan fingerprint density at radius 3 is 2.96 bits per heavy atom. The zero-order valence-corrected chi connectivity index (χ0v) is 12.9. The van der Waals surface area contributed by atoms with Crippen molar-refractivity contribution < 1.29 is 24.1 Å². The SMILES string of the molecule is O=C(NCC(O)COc1ccc2c(c1)OCO2)C1CCNCC1. The van der Waals surface area contributed by atoms with Crippen LogP contribution >= 0.6 is 0 Å². The summed E-state index contributed by atoms with van der Waals surface area (Å²) in [6, 6.07) is 5.25. The summed E-state index contributed by atoms with van der Waals surface area (Å²) in [4.78, 5) is 12.0. The minimum absolute atomic E-state index is 0.00799. The van der Waals surface area contributed by atoms with Crippen LogP contribution in [0.1, 0.15) is 12.8 Å². The van der Waals surface area contributed by atoms with E-state index in [1.165, 1.54) is 0 Å². The van der Waals surface area contributed by atoms with E-state index < -0.39 is 6.10 Å². The molecule has 0 radical (unpaired) electrons. The lowest BCUT2D eigenvalue weighted by Gasteiger charge is -2.22. The summed E-state index contributed by atoms with van der Waals surface area (Å²) in [6.07, 6.45) is 0.928. The van der Waals surface area contributed by atoms with Crippen LogP contribution in [0, 0.1) is 5.92 Å². The Bertz CT molecular complexity index is 545. The van der Waals surface area contributed by atoms with Gasteiger partial charge in [0.25, 0.3) is 0 Å². The van der Waals surface area contributed by atoms with Gasteiger partial charge in [0.05, 0.1) is 0 Å². The molecule has 7 nitrogen and oxygen atoms in total. The fourth-order valence-electron chi connectivity index (χ4n) is 2.66. The van der Waals surface area contributed by atoms with Crippen LogP contribution in [0.4, 0.5) is 0 Å². The van der Waals surface area contributed by atoms with E-state index in [1.807, 2.05) is 0 Å². The molecule has 23 heavy (non-hydrogen) atoms. The molecule has 2 aliphatic heterocycles. The summed E-state index contributed by atoms with van der Waals surface area (Å²) >= 11 is 0. The molecular formula is C16H22N2O5. The van der Waals surface area contributed by atoms with Gasteiger partial charge in [-0.05, 0) is 38.1 Å². The van der Waals surface area contributed by atoms with Crippen LogP contribution in [-0.4, -0.2) is 50.2 Å². The molecule has 2 aliphatic rings. The topological polar surface area (TPSA) is 89.1 Å². The van der Waals surface area contributed by atoms with Crippen LogP contribution in [0.15, 0.2) is 18.2 Å². The molecule has 3 rings (SSSR count). The molecule has 1 aromatic carbocycles. The minimum atomic E-state index is -0.758. The second-order valence-electron chi connectivity index (χ2n) is 5.75. The Balaban J connectivity index is 1.39. The van der Waals surface area contributed by atoms with Crippen LogP contribution in [-0.2, 0) is 4.79 Å². The molecule has 0 spiro atoms. The molecule has 0 aliphatic carbocycles. The van der Waals surface area contributed by atoms with Crippen LogP contribution in [0.2, 0.25) is 0 Å². The Labute approximate surface area is 134 Å². The number of aliphatic hydroxyl groups is 1. The predicted octanol–water partition coefficient (Wildman–Crippen LogP) is 0.271. The third-order valence-corrected chi connectivity index (χ3v) is 4.01. The fourth-order valence-corrected chi connectivity index (χ4v) is 2.66. The molecule has 0 saturated carbocycles. The summed E-state index contributed by atoms with van der Waals surface area (Å²) < 4.78 is 16.0. The third-order valence-electron chi connectivity index (χ3n) is 4.01. The van der Waals surface area contributed by atoms with Crippen molar-refractivity contribution >= 4 is 5.91 Å². The maximum atomic E-state index is 12.0. The van der Waals surface area contributed by atoms with Crippen molar-refractivity contribution in [2.24, 2.45) is 5.92 Å². The maximum absolute atomic E-state index is 12.0. The number of rotatable bonds is 6.